The molecule has 1 atom stereocenters. The van der Waals surface area contributed by atoms with E-state index < -0.39 is 23.7 Å². The van der Waals surface area contributed by atoms with E-state index in [1.807, 2.05) is 0 Å². The summed E-state index contributed by atoms with van der Waals surface area (Å²) in [5, 5.41) is 10.7. The van der Waals surface area contributed by atoms with Crippen LogP contribution in [0, 0.1) is 5.92 Å². The Morgan fingerprint density at radius 1 is 1.69 bits per heavy atom. The molecule has 0 aliphatic carbocycles. The van der Waals surface area contributed by atoms with Crippen LogP contribution < -0.4 is 5.73 Å². The van der Waals surface area contributed by atoms with Crippen molar-refractivity contribution in [3.05, 3.63) is 12.5 Å². The van der Waals surface area contributed by atoms with Gasteiger partial charge in [0.15, 0.2) is 5.84 Å². The van der Waals surface area contributed by atoms with E-state index in [0.717, 1.165) is 11.8 Å². The zero-order valence-corrected chi connectivity index (χ0v) is 8.63. The molecular formula is C7H8F3N3O2S. The van der Waals surface area contributed by atoms with Gasteiger partial charge in [0.2, 0.25) is 0 Å². The summed E-state index contributed by atoms with van der Waals surface area (Å²) in [6, 6.07) is 0. The van der Waals surface area contributed by atoms with Gasteiger partial charge in [-0.15, -0.1) is 0 Å². The maximum absolute atomic E-state index is 12.4. The summed E-state index contributed by atoms with van der Waals surface area (Å²) in [4.78, 5) is 3.64. The summed E-state index contributed by atoms with van der Waals surface area (Å²) in [6.45, 7) is 0. The van der Waals surface area contributed by atoms with E-state index in [9.17, 15) is 13.2 Å². The Labute approximate surface area is 92.5 Å². The summed E-state index contributed by atoms with van der Waals surface area (Å²) in [7, 11) is 0. The first-order valence-electron chi connectivity index (χ1n) is 4.01. The van der Waals surface area contributed by atoms with Crippen LogP contribution in [-0.2, 0) is 0 Å². The van der Waals surface area contributed by atoms with Gasteiger partial charge in [-0.1, -0.05) is 16.9 Å². The Morgan fingerprint density at radius 3 is 2.81 bits per heavy atom. The van der Waals surface area contributed by atoms with Crippen LogP contribution in [-0.4, -0.2) is 28.0 Å². The molecular weight excluding hydrogens is 247 g/mol. The number of nitrogens with zero attached hydrogens (tertiary/aromatic N) is 2. The SMILES string of the molecule is N/C(=N/O)C(CSc1ncco1)C(F)(F)F. The molecule has 0 amide bonds. The van der Waals surface area contributed by atoms with Crippen molar-refractivity contribution in [1.29, 1.82) is 0 Å². The molecule has 0 aliphatic rings. The highest BCUT2D eigenvalue weighted by molar-refractivity contribution is 7.99. The summed E-state index contributed by atoms with van der Waals surface area (Å²) in [5.41, 5.74) is 4.96. The van der Waals surface area contributed by atoms with E-state index in [-0.39, 0.29) is 5.22 Å². The predicted octanol–water partition coefficient (Wildman–Crippen LogP) is 1.69. The maximum atomic E-state index is 12.4. The Bertz CT molecular complexity index is 352. The predicted molar refractivity (Wildman–Crippen MR) is 50.2 cm³/mol. The summed E-state index contributed by atoms with van der Waals surface area (Å²) >= 11 is 0.736. The Kier molecular flexibility index (Phi) is 4.05. The van der Waals surface area contributed by atoms with Crippen LogP contribution in [0.3, 0.4) is 0 Å². The van der Waals surface area contributed by atoms with Crippen LogP contribution in [0.4, 0.5) is 13.2 Å². The minimum atomic E-state index is -4.57. The Morgan fingerprint density at radius 2 is 2.38 bits per heavy atom. The van der Waals surface area contributed by atoms with Crippen LogP contribution >= 0.6 is 11.8 Å². The van der Waals surface area contributed by atoms with Crippen molar-refractivity contribution in [2.75, 3.05) is 5.75 Å². The van der Waals surface area contributed by atoms with Crippen LogP contribution in [0.25, 0.3) is 0 Å². The third-order valence-electron chi connectivity index (χ3n) is 1.65. The van der Waals surface area contributed by atoms with E-state index >= 15 is 0 Å². The van der Waals surface area contributed by atoms with Crippen LogP contribution in [0.15, 0.2) is 27.3 Å². The number of rotatable bonds is 4. The number of aromatic nitrogens is 1. The number of thioether (sulfide) groups is 1. The fourth-order valence-electron chi connectivity index (χ4n) is 0.854. The van der Waals surface area contributed by atoms with E-state index in [1.165, 1.54) is 12.5 Å². The molecule has 1 aromatic rings. The van der Waals surface area contributed by atoms with E-state index in [2.05, 4.69) is 10.1 Å². The molecule has 16 heavy (non-hydrogen) atoms. The lowest BCUT2D eigenvalue weighted by Crippen LogP contribution is -2.37. The number of alkyl halides is 3. The van der Waals surface area contributed by atoms with Crippen molar-refractivity contribution in [2.45, 2.75) is 11.4 Å². The molecule has 0 fully saturated rings. The second kappa shape index (κ2) is 5.10. The van der Waals surface area contributed by atoms with Crippen molar-refractivity contribution in [3.8, 4) is 0 Å². The lowest BCUT2D eigenvalue weighted by atomic mass is 10.1. The molecule has 1 heterocycles. The van der Waals surface area contributed by atoms with Gasteiger partial charge >= 0.3 is 6.18 Å². The molecule has 1 rings (SSSR count). The van der Waals surface area contributed by atoms with Gasteiger partial charge in [0.1, 0.15) is 12.2 Å². The number of hydrogen-bond acceptors (Lipinski definition) is 5. The van der Waals surface area contributed by atoms with Crippen LogP contribution in [0.2, 0.25) is 0 Å². The number of nitrogens with two attached hydrogens (primary N) is 1. The van der Waals surface area contributed by atoms with Crippen LogP contribution in [0.5, 0.6) is 0 Å². The largest absolute Gasteiger partial charge is 0.440 e. The number of oxime groups is 1. The van der Waals surface area contributed by atoms with E-state index in [0.29, 0.717) is 0 Å². The summed E-state index contributed by atoms with van der Waals surface area (Å²) < 4.78 is 42.1. The molecule has 90 valence electrons. The molecule has 1 aromatic heterocycles. The topological polar surface area (TPSA) is 84.6 Å². The quantitative estimate of drug-likeness (QED) is 0.281. The third-order valence-corrected chi connectivity index (χ3v) is 2.60. The van der Waals surface area contributed by atoms with Gasteiger partial charge in [-0.05, 0) is 0 Å². The molecule has 0 spiro atoms. The summed E-state index contributed by atoms with van der Waals surface area (Å²) in [6.07, 6.45) is -2.02. The lowest BCUT2D eigenvalue weighted by molar-refractivity contribution is -0.150. The number of oxazole rings is 1. The molecule has 0 aliphatic heterocycles. The van der Waals surface area contributed by atoms with Gasteiger partial charge in [0.25, 0.3) is 5.22 Å². The molecule has 0 aromatic carbocycles. The molecule has 1 unspecified atom stereocenters. The third kappa shape index (κ3) is 3.33. The fourth-order valence-corrected chi connectivity index (χ4v) is 1.78. The lowest BCUT2D eigenvalue weighted by Gasteiger charge is -2.17. The zero-order valence-electron chi connectivity index (χ0n) is 7.81. The first-order chi connectivity index (χ1) is 7.45. The smallest absolute Gasteiger partial charge is 0.399 e. The second-order valence-electron chi connectivity index (χ2n) is 2.73. The van der Waals surface area contributed by atoms with Crippen molar-refractivity contribution in [3.63, 3.8) is 0 Å². The highest BCUT2D eigenvalue weighted by Gasteiger charge is 2.43. The molecule has 0 bridgehead atoms. The van der Waals surface area contributed by atoms with Crippen molar-refractivity contribution >= 4 is 17.6 Å². The average molecular weight is 255 g/mol. The first-order valence-corrected chi connectivity index (χ1v) is 5.00. The molecule has 3 N–H and O–H groups in total. The van der Waals surface area contributed by atoms with Crippen molar-refractivity contribution in [1.82, 2.24) is 4.98 Å². The molecule has 0 saturated carbocycles. The van der Waals surface area contributed by atoms with Crippen molar-refractivity contribution < 1.29 is 22.8 Å². The number of halogens is 3. The standard InChI is InChI=1S/C7H8F3N3O2S/c8-7(9,10)4(5(11)13-14)3-16-6-12-1-2-15-6/h1-2,4,14H,3H2,(H2,11,13). The second-order valence-corrected chi connectivity index (χ2v) is 3.70. The van der Waals surface area contributed by atoms with Gasteiger partial charge in [-0.3, -0.25) is 0 Å². The van der Waals surface area contributed by atoms with Gasteiger partial charge in [0, 0.05) is 5.75 Å². The number of hydrogen-bond donors (Lipinski definition) is 2. The monoisotopic (exact) mass is 255 g/mol. The van der Waals surface area contributed by atoms with Gasteiger partial charge in [0.05, 0.1) is 6.20 Å². The van der Waals surface area contributed by atoms with Gasteiger partial charge in [-0.2, -0.15) is 13.2 Å². The number of amidine groups is 1. The average Bonchev–Trinajstić information content (AvgIpc) is 2.68. The molecule has 0 saturated heterocycles. The van der Waals surface area contributed by atoms with Gasteiger partial charge < -0.3 is 15.4 Å². The van der Waals surface area contributed by atoms with Crippen LogP contribution in [0.1, 0.15) is 0 Å². The maximum Gasteiger partial charge on any atom is 0.399 e. The molecule has 9 heteroatoms. The van der Waals surface area contributed by atoms with E-state index in [4.69, 9.17) is 15.4 Å². The molecule has 0 radical (unpaired) electrons. The van der Waals surface area contributed by atoms with Crippen molar-refractivity contribution in [2.24, 2.45) is 16.8 Å². The molecule has 5 nitrogen and oxygen atoms in total. The highest BCUT2D eigenvalue weighted by atomic mass is 32.2. The van der Waals surface area contributed by atoms with E-state index in [1.54, 1.807) is 0 Å². The highest BCUT2D eigenvalue weighted by Crippen LogP contribution is 2.31. The normalized spacial score (nSPS) is 15.1. The minimum absolute atomic E-state index is 0.0972. The minimum Gasteiger partial charge on any atom is -0.440 e. The summed E-state index contributed by atoms with van der Waals surface area (Å²) in [5.74, 6) is -3.37. The first kappa shape index (κ1) is 12.7. The van der Waals surface area contributed by atoms with Gasteiger partial charge in [-0.25, -0.2) is 4.98 Å². The fraction of sp³-hybridized carbons (Fsp3) is 0.429. The zero-order chi connectivity index (χ0) is 12.2. The Hall–Kier alpha value is -1.38. The Balaban J connectivity index is 2.65.